The maximum absolute atomic E-state index is 3.86. The maximum Gasteiger partial charge on any atom is 0.0731 e. The van der Waals surface area contributed by atoms with E-state index in [9.17, 15) is 0 Å². The van der Waals surface area contributed by atoms with Crippen molar-refractivity contribution >= 4 is 0 Å². The normalized spacial score (nSPS) is 28.2. The molecular formula is C18H36N4. The molecule has 0 aromatic carbocycles. The Bertz CT molecular complexity index is 302. The van der Waals surface area contributed by atoms with Crippen molar-refractivity contribution in [2.75, 3.05) is 39.3 Å². The highest BCUT2D eigenvalue weighted by Gasteiger charge is 2.29. The highest BCUT2D eigenvalue weighted by molar-refractivity contribution is 4.84. The first-order valence-electron chi connectivity index (χ1n) is 9.86. The van der Waals surface area contributed by atoms with Crippen LogP contribution < -0.4 is 5.43 Å². The summed E-state index contributed by atoms with van der Waals surface area (Å²) >= 11 is 0. The van der Waals surface area contributed by atoms with E-state index >= 15 is 0 Å². The average molecular weight is 309 g/mol. The van der Waals surface area contributed by atoms with Crippen molar-refractivity contribution < 1.29 is 0 Å². The number of nitrogens with one attached hydrogen (secondary N) is 1. The number of rotatable bonds is 6. The molecule has 3 saturated heterocycles. The standard InChI is InChI=1S/C18H36N4/c1-2-8-18(19-22-13-4-3-5-14-22)21-15-9-17(10-16-21)20-11-6-7-12-20/h17-19H,2-16H2,1H3. The molecule has 4 nitrogen and oxygen atoms in total. The Kier molecular flexibility index (Phi) is 6.54. The van der Waals surface area contributed by atoms with Crippen LogP contribution in [0.5, 0.6) is 0 Å². The molecule has 0 amide bonds. The van der Waals surface area contributed by atoms with E-state index in [4.69, 9.17) is 0 Å². The van der Waals surface area contributed by atoms with Crippen LogP contribution in [0, 0.1) is 0 Å². The Labute approximate surface area is 137 Å². The maximum atomic E-state index is 3.86. The molecule has 4 heteroatoms. The van der Waals surface area contributed by atoms with Gasteiger partial charge in [-0.1, -0.05) is 19.8 Å². The largest absolute Gasteiger partial charge is 0.300 e. The zero-order chi connectivity index (χ0) is 15.2. The van der Waals surface area contributed by atoms with Gasteiger partial charge in [0.25, 0.3) is 0 Å². The number of hydrogen-bond acceptors (Lipinski definition) is 4. The third-order valence-electron chi connectivity index (χ3n) is 5.85. The number of hydrazine groups is 1. The van der Waals surface area contributed by atoms with Gasteiger partial charge in [-0.2, -0.15) is 0 Å². The van der Waals surface area contributed by atoms with Gasteiger partial charge in [0.2, 0.25) is 0 Å². The van der Waals surface area contributed by atoms with Crippen LogP contribution in [0.15, 0.2) is 0 Å². The van der Waals surface area contributed by atoms with E-state index < -0.39 is 0 Å². The summed E-state index contributed by atoms with van der Waals surface area (Å²) in [4.78, 5) is 5.48. The second-order valence-corrected chi connectivity index (χ2v) is 7.49. The molecule has 1 N–H and O–H groups in total. The topological polar surface area (TPSA) is 21.8 Å². The number of piperidine rings is 2. The van der Waals surface area contributed by atoms with Gasteiger partial charge in [0, 0.05) is 32.2 Å². The third-order valence-corrected chi connectivity index (χ3v) is 5.85. The van der Waals surface area contributed by atoms with Crippen LogP contribution in [0.1, 0.15) is 64.7 Å². The molecule has 22 heavy (non-hydrogen) atoms. The highest BCUT2D eigenvalue weighted by atomic mass is 15.6. The van der Waals surface area contributed by atoms with Gasteiger partial charge in [-0.05, 0) is 58.0 Å². The highest BCUT2D eigenvalue weighted by Crippen LogP contribution is 2.23. The number of nitrogens with zero attached hydrogens (tertiary/aromatic N) is 3. The lowest BCUT2D eigenvalue weighted by molar-refractivity contribution is 0.0200. The van der Waals surface area contributed by atoms with Gasteiger partial charge in [-0.3, -0.25) is 4.90 Å². The summed E-state index contributed by atoms with van der Waals surface area (Å²) in [6.07, 6.45) is 12.9. The summed E-state index contributed by atoms with van der Waals surface area (Å²) in [5, 5.41) is 2.50. The molecule has 3 aliphatic heterocycles. The first kappa shape index (κ1) is 16.7. The Morgan fingerprint density at radius 2 is 1.50 bits per heavy atom. The molecule has 0 bridgehead atoms. The molecule has 0 aliphatic carbocycles. The first-order chi connectivity index (χ1) is 10.9. The molecule has 0 saturated carbocycles. The number of hydrogen-bond donors (Lipinski definition) is 1. The second-order valence-electron chi connectivity index (χ2n) is 7.49. The van der Waals surface area contributed by atoms with Crippen LogP contribution in [-0.2, 0) is 0 Å². The fourth-order valence-electron chi connectivity index (χ4n) is 4.51. The molecule has 0 spiro atoms. The predicted octanol–water partition coefficient (Wildman–Crippen LogP) is 2.66. The van der Waals surface area contributed by atoms with E-state index in [1.807, 2.05) is 0 Å². The van der Waals surface area contributed by atoms with E-state index in [2.05, 4.69) is 27.2 Å². The van der Waals surface area contributed by atoms with Gasteiger partial charge >= 0.3 is 0 Å². The molecular weight excluding hydrogens is 272 g/mol. The molecule has 128 valence electrons. The lowest BCUT2D eigenvalue weighted by Crippen LogP contribution is -2.57. The van der Waals surface area contributed by atoms with Gasteiger partial charge < -0.3 is 4.90 Å². The first-order valence-corrected chi connectivity index (χ1v) is 9.86. The predicted molar refractivity (Wildman–Crippen MR) is 92.7 cm³/mol. The summed E-state index contributed by atoms with van der Waals surface area (Å²) < 4.78 is 0. The van der Waals surface area contributed by atoms with Gasteiger partial charge in [0.15, 0.2) is 0 Å². The van der Waals surface area contributed by atoms with Gasteiger partial charge in [-0.15, -0.1) is 0 Å². The van der Waals surface area contributed by atoms with E-state index in [0.29, 0.717) is 6.17 Å². The Balaban J connectivity index is 1.47. The fourth-order valence-corrected chi connectivity index (χ4v) is 4.51. The quantitative estimate of drug-likeness (QED) is 0.814. The average Bonchev–Trinajstić information content (AvgIpc) is 3.10. The second kappa shape index (κ2) is 8.62. The molecule has 3 aliphatic rings. The van der Waals surface area contributed by atoms with Gasteiger partial charge in [0.1, 0.15) is 0 Å². The zero-order valence-corrected chi connectivity index (χ0v) is 14.6. The summed E-state index contributed by atoms with van der Waals surface area (Å²) in [6.45, 7) is 10.1. The van der Waals surface area contributed by atoms with Crippen LogP contribution in [-0.4, -0.2) is 66.3 Å². The van der Waals surface area contributed by atoms with Gasteiger partial charge in [0.05, 0.1) is 6.17 Å². The lowest BCUT2D eigenvalue weighted by atomic mass is 10.0. The van der Waals surface area contributed by atoms with E-state index in [1.165, 1.54) is 97.1 Å². The Morgan fingerprint density at radius 3 is 2.14 bits per heavy atom. The van der Waals surface area contributed by atoms with Crippen LogP contribution >= 0.6 is 0 Å². The monoisotopic (exact) mass is 308 g/mol. The molecule has 1 unspecified atom stereocenters. The molecule has 3 fully saturated rings. The minimum Gasteiger partial charge on any atom is -0.300 e. The van der Waals surface area contributed by atoms with Crippen molar-refractivity contribution in [1.82, 2.24) is 20.2 Å². The molecule has 3 rings (SSSR count). The Morgan fingerprint density at radius 1 is 0.864 bits per heavy atom. The molecule has 3 heterocycles. The SMILES string of the molecule is CCCC(NN1CCCCC1)N1CCC(N2CCCC2)CC1. The summed E-state index contributed by atoms with van der Waals surface area (Å²) in [7, 11) is 0. The van der Waals surface area contributed by atoms with Crippen molar-refractivity contribution in [3.63, 3.8) is 0 Å². The fraction of sp³-hybridized carbons (Fsp3) is 1.00. The molecule has 0 aromatic rings. The lowest BCUT2D eigenvalue weighted by Gasteiger charge is -2.42. The summed E-state index contributed by atoms with van der Waals surface area (Å²) in [5.74, 6) is 0. The third kappa shape index (κ3) is 4.44. The van der Waals surface area contributed by atoms with Crippen molar-refractivity contribution in [1.29, 1.82) is 0 Å². The summed E-state index contributed by atoms with van der Waals surface area (Å²) in [5.41, 5.74) is 3.86. The minimum atomic E-state index is 0.572. The van der Waals surface area contributed by atoms with E-state index in [1.54, 1.807) is 0 Å². The van der Waals surface area contributed by atoms with Crippen LogP contribution in [0.2, 0.25) is 0 Å². The van der Waals surface area contributed by atoms with Crippen molar-refractivity contribution in [3.8, 4) is 0 Å². The summed E-state index contributed by atoms with van der Waals surface area (Å²) in [6, 6.07) is 0.871. The number of likely N-dealkylation sites (tertiary alicyclic amines) is 2. The van der Waals surface area contributed by atoms with Crippen molar-refractivity contribution in [2.24, 2.45) is 0 Å². The van der Waals surface area contributed by atoms with Gasteiger partial charge in [-0.25, -0.2) is 10.4 Å². The molecule has 1 atom stereocenters. The Hall–Kier alpha value is -0.160. The molecule has 0 radical (unpaired) electrons. The van der Waals surface area contributed by atoms with E-state index in [0.717, 1.165) is 6.04 Å². The van der Waals surface area contributed by atoms with Crippen LogP contribution in [0.25, 0.3) is 0 Å². The molecule has 0 aromatic heterocycles. The van der Waals surface area contributed by atoms with Crippen LogP contribution in [0.4, 0.5) is 0 Å². The van der Waals surface area contributed by atoms with Crippen molar-refractivity contribution in [3.05, 3.63) is 0 Å². The van der Waals surface area contributed by atoms with Crippen LogP contribution in [0.3, 0.4) is 0 Å². The smallest absolute Gasteiger partial charge is 0.0731 e. The minimum absolute atomic E-state index is 0.572. The van der Waals surface area contributed by atoms with Crippen molar-refractivity contribution in [2.45, 2.75) is 76.9 Å². The van der Waals surface area contributed by atoms with E-state index in [-0.39, 0.29) is 0 Å². The zero-order valence-electron chi connectivity index (χ0n) is 14.6.